The lowest BCUT2D eigenvalue weighted by molar-refractivity contribution is 0.0697. The van der Waals surface area contributed by atoms with E-state index in [1.807, 2.05) is 6.92 Å². The third-order valence-corrected chi connectivity index (χ3v) is 2.89. The van der Waals surface area contributed by atoms with Crippen LogP contribution in [0.2, 0.25) is 0 Å². The molecule has 0 saturated carbocycles. The summed E-state index contributed by atoms with van der Waals surface area (Å²) in [6.45, 7) is 1.89. The van der Waals surface area contributed by atoms with Gasteiger partial charge in [-0.15, -0.1) is 0 Å². The molecule has 1 aromatic carbocycles. The first-order valence-corrected chi connectivity index (χ1v) is 5.38. The smallest absolute Gasteiger partial charge is 0.335 e. The number of carbonyl (C=O) groups is 1. The number of carboxylic acid groups (broad SMARTS) is 1. The number of fused-ring (bicyclic) bond motifs is 1. The number of hydrogen-bond acceptors (Lipinski definition) is 3. The lowest BCUT2D eigenvalue weighted by Gasteiger charge is -1.97. The van der Waals surface area contributed by atoms with E-state index in [2.05, 4.69) is 20.4 Å². The summed E-state index contributed by atoms with van der Waals surface area (Å²) in [4.78, 5) is 11.0. The second-order valence-electron chi connectivity index (χ2n) is 4.05. The van der Waals surface area contributed by atoms with Gasteiger partial charge < -0.3 is 5.11 Å². The molecule has 0 aliphatic rings. The van der Waals surface area contributed by atoms with Crippen molar-refractivity contribution in [2.75, 3.05) is 0 Å². The van der Waals surface area contributed by atoms with Crippen LogP contribution in [0, 0.1) is 6.92 Å². The molecule has 0 aliphatic heterocycles. The minimum Gasteiger partial charge on any atom is -0.478 e. The summed E-state index contributed by atoms with van der Waals surface area (Å²) >= 11 is 0. The van der Waals surface area contributed by atoms with Crippen molar-refractivity contribution in [2.45, 2.75) is 6.92 Å². The lowest BCUT2D eigenvalue weighted by atomic mass is 10.1. The SMILES string of the molecule is Cc1[nH]ncc1-c1n[nH]c2ccc(C(=O)O)cc12. The monoisotopic (exact) mass is 242 g/mol. The largest absolute Gasteiger partial charge is 0.478 e. The predicted octanol–water partition coefficient (Wildman–Crippen LogP) is 1.96. The standard InChI is InChI=1S/C12H10N4O2/c1-6-9(5-13-14-6)11-8-4-7(12(17)18)2-3-10(8)15-16-11/h2-5H,1H3,(H,13,14)(H,15,16)(H,17,18). The van der Waals surface area contributed by atoms with Crippen LogP contribution < -0.4 is 0 Å². The van der Waals surface area contributed by atoms with Gasteiger partial charge in [0, 0.05) is 16.6 Å². The van der Waals surface area contributed by atoms with Crippen LogP contribution in [-0.2, 0) is 0 Å². The van der Waals surface area contributed by atoms with Crippen molar-refractivity contribution in [3.05, 3.63) is 35.7 Å². The molecule has 2 heterocycles. The van der Waals surface area contributed by atoms with Crippen LogP contribution in [0.4, 0.5) is 0 Å². The molecule has 0 amide bonds. The van der Waals surface area contributed by atoms with E-state index in [1.165, 1.54) is 0 Å². The molecule has 90 valence electrons. The zero-order valence-electron chi connectivity index (χ0n) is 9.56. The van der Waals surface area contributed by atoms with Gasteiger partial charge in [0.25, 0.3) is 0 Å². The fraction of sp³-hybridized carbons (Fsp3) is 0.0833. The van der Waals surface area contributed by atoms with Gasteiger partial charge >= 0.3 is 5.97 Å². The van der Waals surface area contributed by atoms with E-state index in [4.69, 9.17) is 5.11 Å². The molecule has 0 spiro atoms. The Morgan fingerprint density at radius 2 is 2.17 bits per heavy atom. The predicted molar refractivity (Wildman–Crippen MR) is 65.4 cm³/mol. The van der Waals surface area contributed by atoms with E-state index in [-0.39, 0.29) is 5.56 Å². The Kier molecular flexibility index (Phi) is 2.16. The maximum absolute atomic E-state index is 11.0. The molecule has 3 aromatic rings. The summed E-state index contributed by atoms with van der Waals surface area (Å²) in [6, 6.07) is 4.88. The van der Waals surface area contributed by atoms with E-state index in [1.54, 1.807) is 24.4 Å². The van der Waals surface area contributed by atoms with Crippen LogP contribution in [0.1, 0.15) is 16.1 Å². The van der Waals surface area contributed by atoms with Gasteiger partial charge in [0.15, 0.2) is 0 Å². The molecule has 3 N–H and O–H groups in total. The number of aromatic carboxylic acids is 1. The van der Waals surface area contributed by atoms with E-state index >= 15 is 0 Å². The van der Waals surface area contributed by atoms with E-state index in [9.17, 15) is 4.79 Å². The Bertz CT molecular complexity index is 741. The fourth-order valence-corrected chi connectivity index (χ4v) is 1.94. The highest BCUT2D eigenvalue weighted by atomic mass is 16.4. The number of aromatic nitrogens is 4. The van der Waals surface area contributed by atoms with Crippen LogP contribution in [0.25, 0.3) is 22.2 Å². The zero-order valence-corrected chi connectivity index (χ0v) is 9.56. The van der Waals surface area contributed by atoms with Crippen LogP contribution in [-0.4, -0.2) is 31.5 Å². The van der Waals surface area contributed by atoms with Crippen molar-refractivity contribution >= 4 is 16.9 Å². The molecule has 0 radical (unpaired) electrons. The molecular weight excluding hydrogens is 232 g/mol. The fourth-order valence-electron chi connectivity index (χ4n) is 1.94. The number of nitrogens with zero attached hydrogens (tertiary/aromatic N) is 2. The van der Waals surface area contributed by atoms with E-state index in [0.29, 0.717) is 5.69 Å². The van der Waals surface area contributed by atoms with Crippen LogP contribution in [0.3, 0.4) is 0 Å². The number of carboxylic acids is 1. The number of hydrogen-bond donors (Lipinski definition) is 3. The summed E-state index contributed by atoms with van der Waals surface area (Å²) < 4.78 is 0. The van der Waals surface area contributed by atoms with Crippen molar-refractivity contribution in [3.8, 4) is 11.3 Å². The molecule has 0 saturated heterocycles. The third kappa shape index (κ3) is 1.46. The Morgan fingerprint density at radius 3 is 2.83 bits per heavy atom. The maximum atomic E-state index is 11.0. The van der Waals surface area contributed by atoms with Crippen LogP contribution in [0.5, 0.6) is 0 Å². The number of aryl methyl sites for hydroxylation is 1. The molecule has 0 bridgehead atoms. The van der Waals surface area contributed by atoms with Gasteiger partial charge in [-0.25, -0.2) is 4.79 Å². The summed E-state index contributed by atoms with van der Waals surface area (Å²) in [5.41, 5.74) is 3.51. The Balaban J connectivity index is 2.27. The normalized spacial score (nSPS) is 10.9. The second kappa shape index (κ2) is 3.69. The molecule has 3 rings (SSSR count). The first-order chi connectivity index (χ1) is 8.66. The van der Waals surface area contributed by atoms with Gasteiger partial charge in [0.2, 0.25) is 0 Å². The minimum atomic E-state index is -0.951. The quantitative estimate of drug-likeness (QED) is 0.640. The third-order valence-electron chi connectivity index (χ3n) is 2.89. The molecule has 0 aliphatic carbocycles. The van der Waals surface area contributed by atoms with E-state index in [0.717, 1.165) is 22.2 Å². The van der Waals surface area contributed by atoms with Gasteiger partial charge in [0.1, 0.15) is 5.69 Å². The Hall–Kier alpha value is -2.63. The maximum Gasteiger partial charge on any atom is 0.335 e. The number of aromatic amines is 2. The average Bonchev–Trinajstić information content (AvgIpc) is 2.93. The highest BCUT2D eigenvalue weighted by Gasteiger charge is 2.13. The van der Waals surface area contributed by atoms with Crippen molar-refractivity contribution in [1.29, 1.82) is 0 Å². The van der Waals surface area contributed by atoms with Crippen molar-refractivity contribution in [2.24, 2.45) is 0 Å². The average molecular weight is 242 g/mol. The van der Waals surface area contributed by atoms with Gasteiger partial charge in [-0.3, -0.25) is 10.2 Å². The molecule has 6 nitrogen and oxygen atoms in total. The topological polar surface area (TPSA) is 94.7 Å². The molecular formula is C12H10N4O2. The molecule has 0 atom stereocenters. The summed E-state index contributed by atoms with van der Waals surface area (Å²) in [5.74, 6) is -0.951. The lowest BCUT2D eigenvalue weighted by Crippen LogP contribution is -1.94. The first kappa shape index (κ1) is 10.5. The van der Waals surface area contributed by atoms with Crippen molar-refractivity contribution in [1.82, 2.24) is 20.4 Å². The molecule has 6 heteroatoms. The number of H-pyrrole nitrogens is 2. The minimum absolute atomic E-state index is 0.242. The van der Waals surface area contributed by atoms with Gasteiger partial charge in [-0.05, 0) is 25.1 Å². The summed E-state index contributed by atoms with van der Waals surface area (Å²) in [6.07, 6.45) is 1.68. The summed E-state index contributed by atoms with van der Waals surface area (Å²) in [7, 11) is 0. The van der Waals surface area contributed by atoms with Crippen molar-refractivity contribution < 1.29 is 9.90 Å². The van der Waals surface area contributed by atoms with Crippen LogP contribution in [0.15, 0.2) is 24.4 Å². The zero-order chi connectivity index (χ0) is 12.7. The van der Waals surface area contributed by atoms with Crippen LogP contribution >= 0.6 is 0 Å². The highest BCUT2D eigenvalue weighted by Crippen LogP contribution is 2.28. The highest BCUT2D eigenvalue weighted by molar-refractivity contribution is 5.99. The Morgan fingerprint density at radius 1 is 1.33 bits per heavy atom. The van der Waals surface area contributed by atoms with E-state index < -0.39 is 5.97 Å². The second-order valence-corrected chi connectivity index (χ2v) is 4.05. The van der Waals surface area contributed by atoms with Crippen molar-refractivity contribution in [3.63, 3.8) is 0 Å². The van der Waals surface area contributed by atoms with Gasteiger partial charge in [-0.2, -0.15) is 10.2 Å². The number of benzene rings is 1. The molecule has 2 aromatic heterocycles. The number of nitrogens with one attached hydrogen (secondary N) is 2. The molecule has 18 heavy (non-hydrogen) atoms. The summed E-state index contributed by atoms with van der Waals surface area (Å²) in [5, 5.41) is 23.7. The molecule has 0 fully saturated rings. The van der Waals surface area contributed by atoms with Gasteiger partial charge in [0.05, 0.1) is 17.3 Å². The number of rotatable bonds is 2. The van der Waals surface area contributed by atoms with Gasteiger partial charge in [-0.1, -0.05) is 0 Å². The Labute approximate surface area is 102 Å². The molecule has 0 unspecified atom stereocenters. The first-order valence-electron chi connectivity index (χ1n) is 5.38.